The van der Waals surface area contributed by atoms with E-state index in [1.54, 1.807) is 6.20 Å². The maximum atomic E-state index is 12.4. The van der Waals surface area contributed by atoms with Crippen molar-refractivity contribution in [2.24, 2.45) is 0 Å². The Morgan fingerprint density at radius 2 is 2.00 bits per heavy atom. The third-order valence-corrected chi connectivity index (χ3v) is 3.91. The van der Waals surface area contributed by atoms with Crippen molar-refractivity contribution in [2.45, 2.75) is 13.5 Å². The highest BCUT2D eigenvalue weighted by atomic mass is 16.5. The van der Waals surface area contributed by atoms with E-state index in [1.165, 1.54) is 0 Å². The summed E-state index contributed by atoms with van der Waals surface area (Å²) in [6, 6.07) is 11.6. The smallest absolute Gasteiger partial charge is 0.192 e. The fraction of sp³-hybridized carbons (Fsp3) is 0.167. The van der Waals surface area contributed by atoms with Crippen LogP contribution in [0.2, 0.25) is 0 Å². The van der Waals surface area contributed by atoms with Crippen molar-refractivity contribution in [2.75, 3.05) is 11.9 Å². The Kier molecular flexibility index (Phi) is 3.59. The number of carbonyl (C=O) groups excluding carboxylic acids is 1. The van der Waals surface area contributed by atoms with Gasteiger partial charge in [0, 0.05) is 11.9 Å². The van der Waals surface area contributed by atoms with Gasteiger partial charge in [0.2, 0.25) is 0 Å². The molecule has 0 fully saturated rings. The van der Waals surface area contributed by atoms with E-state index in [0.717, 1.165) is 28.5 Å². The average molecular weight is 320 g/mol. The van der Waals surface area contributed by atoms with Gasteiger partial charge in [-0.3, -0.25) is 4.79 Å². The molecule has 2 aromatic heterocycles. The van der Waals surface area contributed by atoms with E-state index in [2.05, 4.69) is 20.3 Å². The minimum absolute atomic E-state index is 0.0389. The van der Waals surface area contributed by atoms with Crippen molar-refractivity contribution in [3.8, 4) is 11.4 Å². The van der Waals surface area contributed by atoms with Crippen molar-refractivity contribution in [1.82, 2.24) is 15.0 Å². The third-order valence-electron chi connectivity index (χ3n) is 3.91. The van der Waals surface area contributed by atoms with Crippen LogP contribution in [0.3, 0.4) is 0 Å². The predicted molar refractivity (Wildman–Crippen MR) is 90.3 cm³/mol. The summed E-state index contributed by atoms with van der Waals surface area (Å²) in [4.78, 5) is 24.3. The molecular weight excluding hydrogens is 304 g/mol. The fourth-order valence-electron chi connectivity index (χ4n) is 2.86. The summed E-state index contributed by atoms with van der Waals surface area (Å²) < 4.78 is 5.35. The maximum absolute atomic E-state index is 12.4. The number of hydrogen-bond acceptors (Lipinski definition) is 5. The van der Waals surface area contributed by atoms with Crippen LogP contribution in [0.1, 0.15) is 21.9 Å². The van der Waals surface area contributed by atoms with Crippen molar-refractivity contribution in [3.05, 3.63) is 59.7 Å². The monoisotopic (exact) mass is 320 g/mol. The molecule has 120 valence electrons. The zero-order chi connectivity index (χ0) is 16.5. The van der Waals surface area contributed by atoms with E-state index in [1.807, 2.05) is 43.3 Å². The van der Waals surface area contributed by atoms with Crippen LogP contribution in [0.15, 0.2) is 42.6 Å². The van der Waals surface area contributed by atoms with Crippen LogP contribution in [0.25, 0.3) is 11.4 Å². The Balaban J connectivity index is 1.88. The predicted octanol–water partition coefficient (Wildman–Crippen LogP) is 3.24. The Morgan fingerprint density at radius 1 is 1.17 bits per heavy atom. The van der Waals surface area contributed by atoms with Crippen LogP contribution in [0.4, 0.5) is 11.4 Å². The summed E-state index contributed by atoms with van der Waals surface area (Å²) in [5.74, 6) is 0.635. The molecule has 6 nitrogen and oxygen atoms in total. The number of benzene rings is 1. The van der Waals surface area contributed by atoms with Crippen LogP contribution in [0.5, 0.6) is 0 Å². The Morgan fingerprint density at radius 3 is 2.79 bits per heavy atom. The van der Waals surface area contributed by atoms with Crippen LogP contribution in [-0.2, 0) is 11.3 Å². The van der Waals surface area contributed by atoms with E-state index in [0.29, 0.717) is 18.0 Å². The van der Waals surface area contributed by atoms with E-state index < -0.39 is 0 Å². The Labute approximate surface area is 138 Å². The third kappa shape index (κ3) is 2.57. The second-order valence-electron chi connectivity index (χ2n) is 5.62. The Bertz CT molecular complexity index is 903. The summed E-state index contributed by atoms with van der Waals surface area (Å²) >= 11 is 0. The number of rotatable bonds is 3. The molecule has 0 aliphatic carbocycles. The molecule has 6 heteroatoms. The molecule has 0 saturated carbocycles. The number of nitrogens with zero attached hydrogens (tertiary/aromatic N) is 2. The van der Waals surface area contributed by atoms with E-state index in [4.69, 9.17) is 4.74 Å². The zero-order valence-electron chi connectivity index (χ0n) is 13.2. The van der Waals surface area contributed by atoms with Gasteiger partial charge in [-0.15, -0.1) is 0 Å². The molecule has 0 unspecified atom stereocenters. The molecule has 3 heterocycles. The number of fused-ring (bicyclic) bond motifs is 1. The number of Topliss-reactive ketones (excluding diaryl/α,β-unsaturated/α-hetero) is 1. The number of aryl methyl sites for hydroxylation is 1. The summed E-state index contributed by atoms with van der Waals surface area (Å²) in [7, 11) is 0. The molecule has 0 radical (unpaired) electrons. The number of ketones is 1. The van der Waals surface area contributed by atoms with Crippen LogP contribution >= 0.6 is 0 Å². The SMILES string of the molecule is Cc1nccc(-c2[nH]c3c(c2Nc2ccccc2)C(=O)COC3)n1. The second-order valence-corrected chi connectivity index (χ2v) is 5.62. The number of aromatic amines is 1. The zero-order valence-corrected chi connectivity index (χ0v) is 13.2. The molecule has 1 aliphatic rings. The minimum Gasteiger partial charge on any atom is -0.367 e. The molecule has 4 rings (SSSR count). The first-order valence-corrected chi connectivity index (χ1v) is 7.70. The van der Waals surface area contributed by atoms with Crippen molar-refractivity contribution >= 4 is 17.2 Å². The van der Waals surface area contributed by atoms with Gasteiger partial charge in [-0.05, 0) is 25.1 Å². The van der Waals surface area contributed by atoms with Gasteiger partial charge in [-0.25, -0.2) is 9.97 Å². The normalized spacial score (nSPS) is 13.6. The van der Waals surface area contributed by atoms with Crippen molar-refractivity contribution in [1.29, 1.82) is 0 Å². The second kappa shape index (κ2) is 5.90. The molecule has 0 amide bonds. The lowest BCUT2D eigenvalue weighted by molar-refractivity contribution is 0.0660. The first-order valence-electron chi connectivity index (χ1n) is 7.70. The molecule has 0 saturated heterocycles. The minimum atomic E-state index is -0.0389. The number of hydrogen-bond donors (Lipinski definition) is 2. The van der Waals surface area contributed by atoms with Gasteiger partial charge in [0.1, 0.15) is 12.4 Å². The lowest BCUT2D eigenvalue weighted by Crippen LogP contribution is -2.18. The quantitative estimate of drug-likeness (QED) is 0.774. The van der Waals surface area contributed by atoms with Gasteiger partial charge >= 0.3 is 0 Å². The van der Waals surface area contributed by atoms with Crippen molar-refractivity contribution < 1.29 is 9.53 Å². The first-order chi connectivity index (χ1) is 11.7. The first kappa shape index (κ1) is 14.6. The number of nitrogens with one attached hydrogen (secondary N) is 2. The summed E-state index contributed by atoms with van der Waals surface area (Å²) in [6.45, 7) is 2.32. The number of anilines is 2. The molecule has 2 N–H and O–H groups in total. The average Bonchev–Trinajstić information content (AvgIpc) is 2.96. The highest BCUT2D eigenvalue weighted by Gasteiger charge is 2.28. The van der Waals surface area contributed by atoms with Gasteiger partial charge in [-0.2, -0.15) is 0 Å². The van der Waals surface area contributed by atoms with Gasteiger partial charge in [0.25, 0.3) is 0 Å². The lowest BCUT2D eigenvalue weighted by atomic mass is 10.1. The molecule has 0 atom stereocenters. The van der Waals surface area contributed by atoms with E-state index in [-0.39, 0.29) is 12.4 Å². The molecule has 3 aromatic rings. The van der Waals surface area contributed by atoms with Gasteiger partial charge in [0.05, 0.1) is 34.9 Å². The number of H-pyrrole nitrogens is 1. The van der Waals surface area contributed by atoms with Crippen LogP contribution in [-0.4, -0.2) is 27.3 Å². The van der Waals surface area contributed by atoms with Gasteiger partial charge < -0.3 is 15.0 Å². The summed E-state index contributed by atoms with van der Waals surface area (Å²) in [5, 5.41) is 3.36. The molecule has 0 spiro atoms. The standard InChI is InChI=1S/C18H16N4O2/c1-11-19-8-7-13(20-11)17-18(21-12-5-3-2-4-6-12)16-14(22-17)9-24-10-15(16)23/h2-8,21-22H,9-10H2,1H3. The molecule has 0 bridgehead atoms. The number of ether oxygens (including phenoxy) is 1. The lowest BCUT2D eigenvalue weighted by Gasteiger charge is -2.14. The largest absolute Gasteiger partial charge is 0.367 e. The number of aromatic nitrogens is 3. The van der Waals surface area contributed by atoms with E-state index >= 15 is 0 Å². The molecule has 1 aliphatic heterocycles. The molecular formula is C18H16N4O2. The number of carbonyl (C=O) groups is 1. The topological polar surface area (TPSA) is 79.9 Å². The summed E-state index contributed by atoms with van der Waals surface area (Å²) in [6.07, 6.45) is 1.71. The summed E-state index contributed by atoms with van der Waals surface area (Å²) in [5.41, 5.74) is 4.58. The van der Waals surface area contributed by atoms with Gasteiger partial charge in [-0.1, -0.05) is 18.2 Å². The maximum Gasteiger partial charge on any atom is 0.192 e. The number of para-hydroxylation sites is 1. The van der Waals surface area contributed by atoms with E-state index in [9.17, 15) is 4.79 Å². The fourth-order valence-corrected chi connectivity index (χ4v) is 2.86. The van der Waals surface area contributed by atoms with Gasteiger partial charge in [0.15, 0.2) is 5.78 Å². The molecule has 1 aromatic carbocycles. The highest BCUT2D eigenvalue weighted by molar-refractivity contribution is 6.07. The highest BCUT2D eigenvalue weighted by Crippen LogP contribution is 2.36. The van der Waals surface area contributed by atoms with Crippen LogP contribution in [0, 0.1) is 6.92 Å². The van der Waals surface area contributed by atoms with Crippen LogP contribution < -0.4 is 5.32 Å². The molecule has 24 heavy (non-hydrogen) atoms. The Hall–Kier alpha value is -2.99. The van der Waals surface area contributed by atoms with Crippen molar-refractivity contribution in [3.63, 3.8) is 0 Å².